The van der Waals surface area contributed by atoms with Gasteiger partial charge in [-0.15, -0.1) is 0 Å². The predicted molar refractivity (Wildman–Crippen MR) is 156 cm³/mol. The van der Waals surface area contributed by atoms with E-state index in [1.807, 2.05) is 9.80 Å². The van der Waals surface area contributed by atoms with Crippen LogP contribution in [-0.2, 0) is 28.5 Å². The van der Waals surface area contributed by atoms with Gasteiger partial charge >= 0.3 is 12.4 Å². The lowest BCUT2D eigenvalue weighted by Gasteiger charge is -2.35. The van der Waals surface area contributed by atoms with Crippen molar-refractivity contribution in [2.75, 3.05) is 52.9 Å². The standard InChI is InChI=1S/C30H30F6N4O4S/c1-43-24-14-19(4-7-23(24)44-18-20-5-6-21(29(31,32)33)16-22(20)30(34,35)36)15-25-27(42)37-28(45-25)40-12-10-38(11-13-40)17-26(41)39-8-2-3-9-39/h4-7,14-16H,2-3,8-13,17-18H2,1H3/b25-15-. The number of piperazine rings is 1. The van der Waals surface area contributed by atoms with Crippen molar-refractivity contribution in [3.8, 4) is 11.5 Å². The van der Waals surface area contributed by atoms with Crippen molar-refractivity contribution in [3.05, 3.63) is 63.6 Å². The number of amidine groups is 1. The molecule has 0 radical (unpaired) electrons. The zero-order valence-corrected chi connectivity index (χ0v) is 25.0. The van der Waals surface area contributed by atoms with Gasteiger partial charge in [-0.3, -0.25) is 14.5 Å². The summed E-state index contributed by atoms with van der Waals surface area (Å²) < 4.78 is 90.4. The fraction of sp³-hybridized carbons (Fsp3) is 0.433. The molecule has 0 unspecified atom stereocenters. The first-order chi connectivity index (χ1) is 21.3. The van der Waals surface area contributed by atoms with E-state index in [1.54, 1.807) is 12.1 Å². The van der Waals surface area contributed by atoms with Gasteiger partial charge in [0, 0.05) is 44.8 Å². The highest BCUT2D eigenvalue weighted by molar-refractivity contribution is 8.18. The molecule has 5 rings (SSSR count). The Hall–Kier alpha value is -3.72. The average Bonchev–Trinajstić information content (AvgIpc) is 3.66. The Kier molecular flexibility index (Phi) is 9.68. The molecular weight excluding hydrogens is 626 g/mol. The molecule has 0 spiro atoms. The second-order valence-corrected chi connectivity index (χ2v) is 11.7. The molecule has 3 heterocycles. The number of likely N-dealkylation sites (tertiary alicyclic amines) is 1. The van der Waals surface area contributed by atoms with Gasteiger partial charge in [0.2, 0.25) is 5.91 Å². The van der Waals surface area contributed by atoms with Gasteiger partial charge in [0.1, 0.15) is 6.61 Å². The molecule has 0 aliphatic carbocycles. The second kappa shape index (κ2) is 13.3. The predicted octanol–water partition coefficient (Wildman–Crippen LogP) is 5.52. The largest absolute Gasteiger partial charge is 0.493 e. The van der Waals surface area contributed by atoms with Crippen LogP contribution in [0.15, 0.2) is 46.3 Å². The number of aliphatic imine (C=N–C) groups is 1. The first-order valence-corrected chi connectivity index (χ1v) is 15.0. The molecular formula is C30H30F6N4O4S. The number of rotatable bonds is 7. The minimum absolute atomic E-state index is 0.0637. The van der Waals surface area contributed by atoms with E-state index < -0.39 is 41.6 Å². The molecule has 3 aliphatic heterocycles. The van der Waals surface area contributed by atoms with Crippen LogP contribution >= 0.6 is 11.8 Å². The Labute approximate surface area is 259 Å². The van der Waals surface area contributed by atoms with Crippen LogP contribution in [0.1, 0.15) is 35.1 Å². The van der Waals surface area contributed by atoms with Gasteiger partial charge in [0.15, 0.2) is 16.7 Å². The van der Waals surface area contributed by atoms with E-state index in [9.17, 15) is 35.9 Å². The van der Waals surface area contributed by atoms with Crippen molar-refractivity contribution in [3.63, 3.8) is 0 Å². The highest BCUT2D eigenvalue weighted by atomic mass is 32.2. The number of thioether (sulfide) groups is 1. The van der Waals surface area contributed by atoms with Crippen LogP contribution in [0.25, 0.3) is 6.08 Å². The van der Waals surface area contributed by atoms with Crippen molar-refractivity contribution in [1.82, 2.24) is 14.7 Å². The number of carbonyl (C=O) groups is 2. The van der Waals surface area contributed by atoms with E-state index in [1.165, 1.54) is 31.0 Å². The third kappa shape index (κ3) is 7.93. The quantitative estimate of drug-likeness (QED) is 0.287. The van der Waals surface area contributed by atoms with Crippen molar-refractivity contribution in [2.24, 2.45) is 4.99 Å². The molecule has 0 N–H and O–H groups in total. The van der Waals surface area contributed by atoms with Crippen LogP contribution in [0, 0.1) is 0 Å². The molecule has 2 aromatic rings. The molecule has 15 heteroatoms. The van der Waals surface area contributed by atoms with Crippen molar-refractivity contribution >= 4 is 34.8 Å². The lowest BCUT2D eigenvalue weighted by Crippen LogP contribution is -2.50. The number of benzene rings is 2. The summed E-state index contributed by atoms with van der Waals surface area (Å²) >= 11 is 1.22. The minimum atomic E-state index is -5.02. The summed E-state index contributed by atoms with van der Waals surface area (Å²) in [6, 6.07) is 5.92. The van der Waals surface area contributed by atoms with Crippen LogP contribution < -0.4 is 9.47 Å². The number of alkyl halides is 6. The lowest BCUT2D eigenvalue weighted by atomic mass is 10.0. The van der Waals surface area contributed by atoms with Crippen LogP contribution in [0.3, 0.4) is 0 Å². The van der Waals surface area contributed by atoms with Gasteiger partial charge in [-0.1, -0.05) is 12.1 Å². The Balaban J connectivity index is 1.20. The lowest BCUT2D eigenvalue weighted by molar-refractivity contribution is -0.143. The van der Waals surface area contributed by atoms with Crippen molar-refractivity contribution in [1.29, 1.82) is 0 Å². The minimum Gasteiger partial charge on any atom is -0.493 e. The SMILES string of the molecule is COc1cc(/C=C2\SC(N3CCN(CC(=O)N4CCCC4)CC3)=NC2=O)ccc1OCc1ccc(C(F)(F)F)cc1C(F)(F)F. The van der Waals surface area contributed by atoms with Gasteiger partial charge < -0.3 is 19.3 Å². The molecule has 0 atom stereocenters. The van der Waals surface area contributed by atoms with E-state index in [0.717, 1.165) is 32.0 Å². The second-order valence-electron chi connectivity index (χ2n) is 10.7. The summed E-state index contributed by atoms with van der Waals surface area (Å²) in [6.45, 7) is 3.93. The number of hydrogen-bond donors (Lipinski definition) is 0. The maximum absolute atomic E-state index is 13.5. The van der Waals surface area contributed by atoms with E-state index >= 15 is 0 Å². The summed E-state index contributed by atoms with van der Waals surface area (Å²) in [5.74, 6) is -0.0496. The Morgan fingerprint density at radius 2 is 1.64 bits per heavy atom. The number of ether oxygens (including phenoxy) is 2. The molecule has 0 bridgehead atoms. The monoisotopic (exact) mass is 656 g/mol. The Morgan fingerprint density at radius 3 is 2.29 bits per heavy atom. The summed E-state index contributed by atoms with van der Waals surface area (Å²) in [7, 11) is 1.33. The first kappa shape index (κ1) is 32.7. The number of hydrogen-bond acceptors (Lipinski definition) is 7. The molecule has 2 fully saturated rings. The number of methoxy groups -OCH3 is 1. The number of amides is 2. The van der Waals surface area contributed by atoms with Crippen LogP contribution in [0.4, 0.5) is 26.3 Å². The average molecular weight is 657 g/mol. The number of halogens is 6. The summed E-state index contributed by atoms with van der Waals surface area (Å²) in [5, 5.41) is 0.570. The molecule has 2 aromatic carbocycles. The summed E-state index contributed by atoms with van der Waals surface area (Å²) in [6.07, 6.45) is -6.25. The molecule has 0 saturated carbocycles. The zero-order valence-electron chi connectivity index (χ0n) is 24.2. The Morgan fingerprint density at radius 1 is 0.933 bits per heavy atom. The number of carbonyl (C=O) groups excluding carboxylic acids is 2. The maximum atomic E-state index is 13.5. The van der Waals surface area contributed by atoms with Gasteiger partial charge in [-0.05, 0) is 60.5 Å². The van der Waals surface area contributed by atoms with Gasteiger partial charge in [0.25, 0.3) is 5.91 Å². The normalized spacial score (nSPS) is 19.0. The molecule has 2 saturated heterocycles. The van der Waals surface area contributed by atoms with Crippen LogP contribution in [-0.4, -0.2) is 84.6 Å². The fourth-order valence-corrected chi connectivity index (χ4v) is 6.20. The van der Waals surface area contributed by atoms with E-state index in [0.29, 0.717) is 54.4 Å². The fourth-order valence-electron chi connectivity index (χ4n) is 5.23. The van der Waals surface area contributed by atoms with Gasteiger partial charge in [-0.25, -0.2) is 0 Å². The van der Waals surface area contributed by atoms with Gasteiger partial charge in [-0.2, -0.15) is 31.3 Å². The van der Waals surface area contributed by atoms with Crippen molar-refractivity contribution in [2.45, 2.75) is 31.8 Å². The topological polar surface area (TPSA) is 74.7 Å². The molecule has 45 heavy (non-hydrogen) atoms. The molecule has 2 amide bonds. The zero-order chi connectivity index (χ0) is 32.4. The van der Waals surface area contributed by atoms with Crippen LogP contribution in [0.2, 0.25) is 0 Å². The maximum Gasteiger partial charge on any atom is 0.416 e. The molecule has 0 aromatic heterocycles. The molecule has 242 valence electrons. The third-order valence-electron chi connectivity index (χ3n) is 7.68. The summed E-state index contributed by atoms with van der Waals surface area (Å²) in [5.41, 5.74) is -2.78. The highest BCUT2D eigenvalue weighted by Crippen LogP contribution is 2.39. The van der Waals surface area contributed by atoms with E-state index in [2.05, 4.69) is 9.89 Å². The van der Waals surface area contributed by atoms with E-state index in [-0.39, 0.29) is 23.5 Å². The molecule has 3 aliphatic rings. The first-order valence-electron chi connectivity index (χ1n) is 14.2. The van der Waals surface area contributed by atoms with Crippen molar-refractivity contribution < 1.29 is 45.4 Å². The smallest absolute Gasteiger partial charge is 0.416 e. The number of nitrogens with zero attached hydrogens (tertiary/aromatic N) is 4. The van der Waals surface area contributed by atoms with Crippen LogP contribution in [0.5, 0.6) is 11.5 Å². The summed E-state index contributed by atoms with van der Waals surface area (Å²) in [4.78, 5) is 35.7. The molecule has 8 nitrogen and oxygen atoms in total. The third-order valence-corrected chi connectivity index (χ3v) is 8.73. The Bertz CT molecular complexity index is 1500. The highest BCUT2D eigenvalue weighted by Gasteiger charge is 2.38. The van der Waals surface area contributed by atoms with Gasteiger partial charge in [0.05, 0.1) is 29.7 Å². The van der Waals surface area contributed by atoms with E-state index in [4.69, 9.17) is 9.47 Å².